The minimum Gasteiger partial charge on any atom is -0.300 e. The predicted octanol–water partition coefficient (Wildman–Crippen LogP) is 4.06. The Hall–Kier alpha value is -0.330. The average molecular weight is 198 g/mol. The standard InChI is InChI=1S/C13H26O/c1-10(2)9-12(13(4,5)6)8-7-11(3)14/h10,12H,7-9H2,1-6H3. The fourth-order valence-electron chi connectivity index (χ4n) is 1.85. The maximum atomic E-state index is 11.0. The molecule has 0 radical (unpaired) electrons. The Morgan fingerprint density at radius 2 is 1.71 bits per heavy atom. The summed E-state index contributed by atoms with van der Waals surface area (Å²) in [6, 6.07) is 0. The van der Waals surface area contributed by atoms with E-state index in [1.54, 1.807) is 6.92 Å². The largest absolute Gasteiger partial charge is 0.300 e. The van der Waals surface area contributed by atoms with Gasteiger partial charge in [0, 0.05) is 6.42 Å². The second-order valence-electron chi connectivity index (χ2n) is 5.93. The van der Waals surface area contributed by atoms with Crippen molar-refractivity contribution in [3.05, 3.63) is 0 Å². The fourth-order valence-corrected chi connectivity index (χ4v) is 1.85. The van der Waals surface area contributed by atoms with E-state index < -0.39 is 0 Å². The second-order valence-corrected chi connectivity index (χ2v) is 5.93. The fraction of sp³-hybridized carbons (Fsp3) is 0.923. The summed E-state index contributed by atoms with van der Waals surface area (Å²) in [5, 5.41) is 0. The molecule has 0 aliphatic rings. The Balaban J connectivity index is 4.19. The van der Waals surface area contributed by atoms with Gasteiger partial charge in [-0.25, -0.2) is 0 Å². The summed E-state index contributed by atoms with van der Waals surface area (Å²) in [6.07, 6.45) is 3.03. The van der Waals surface area contributed by atoms with Gasteiger partial charge in [0.2, 0.25) is 0 Å². The highest BCUT2D eigenvalue weighted by Gasteiger charge is 2.25. The molecule has 1 unspecified atom stereocenters. The minimum absolute atomic E-state index is 0.322. The molecule has 0 saturated carbocycles. The number of rotatable bonds is 5. The predicted molar refractivity (Wildman–Crippen MR) is 62.3 cm³/mol. The van der Waals surface area contributed by atoms with E-state index in [0.717, 1.165) is 18.8 Å². The first-order chi connectivity index (χ1) is 6.23. The van der Waals surface area contributed by atoms with Crippen LogP contribution in [0, 0.1) is 17.3 Å². The molecule has 0 fully saturated rings. The van der Waals surface area contributed by atoms with Crippen molar-refractivity contribution in [3.63, 3.8) is 0 Å². The monoisotopic (exact) mass is 198 g/mol. The van der Waals surface area contributed by atoms with E-state index in [2.05, 4.69) is 34.6 Å². The molecule has 1 atom stereocenters. The van der Waals surface area contributed by atoms with Crippen LogP contribution in [0.2, 0.25) is 0 Å². The highest BCUT2D eigenvalue weighted by molar-refractivity contribution is 5.75. The lowest BCUT2D eigenvalue weighted by atomic mass is 9.74. The van der Waals surface area contributed by atoms with Crippen LogP contribution < -0.4 is 0 Å². The molecule has 0 saturated heterocycles. The van der Waals surface area contributed by atoms with Gasteiger partial charge < -0.3 is 4.79 Å². The highest BCUT2D eigenvalue weighted by Crippen LogP contribution is 2.34. The van der Waals surface area contributed by atoms with E-state index in [0.29, 0.717) is 17.1 Å². The topological polar surface area (TPSA) is 17.1 Å². The van der Waals surface area contributed by atoms with Crippen molar-refractivity contribution in [2.24, 2.45) is 17.3 Å². The first-order valence-corrected chi connectivity index (χ1v) is 5.73. The van der Waals surface area contributed by atoms with Crippen LogP contribution >= 0.6 is 0 Å². The summed E-state index contributed by atoms with van der Waals surface area (Å²) >= 11 is 0. The van der Waals surface area contributed by atoms with Gasteiger partial charge in [-0.2, -0.15) is 0 Å². The molecule has 0 N–H and O–H groups in total. The molecule has 0 amide bonds. The summed E-state index contributed by atoms with van der Waals surface area (Å²) in [6.45, 7) is 13.0. The van der Waals surface area contributed by atoms with Crippen LogP contribution in [0.5, 0.6) is 0 Å². The first-order valence-electron chi connectivity index (χ1n) is 5.73. The highest BCUT2D eigenvalue weighted by atomic mass is 16.1. The van der Waals surface area contributed by atoms with Crippen molar-refractivity contribution < 1.29 is 4.79 Å². The van der Waals surface area contributed by atoms with Crippen molar-refractivity contribution >= 4 is 5.78 Å². The molecule has 0 heterocycles. The van der Waals surface area contributed by atoms with Crippen LogP contribution in [0.3, 0.4) is 0 Å². The summed E-state index contributed by atoms with van der Waals surface area (Å²) in [5.74, 6) is 1.72. The van der Waals surface area contributed by atoms with E-state index >= 15 is 0 Å². The summed E-state index contributed by atoms with van der Waals surface area (Å²) in [5.41, 5.74) is 0.333. The molecule has 0 aromatic heterocycles. The molecule has 0 aliphatic carbocycles. The molecule has 1 heteroatoms. The molecule has 0 rings (SSSR count). The van der Waals surface area contributed by atoms with E-state index in [1.807, 2.05) is 0 Å². The van der Waals surface area contributed by atoms with Gasteiger partial charge in [-0.3, -0.25) is 0 Å². The lowest BCUT2D eigenvalue weighted by molar-refractivity contribution is -0.117. The first kappa shape index (κ1) is 13.7. The Labute approximate surface area is 89.3 Å². The lowest BCUT2D eigenvalue weighted by Gasteiger charge is -2.32. The normalized spacial score (nSPS) is 14.5. The van der Waals surface area contributed by atoms with Gasteiger partial charge in [0.1, 0.15) is 5.78 Å². The minimum atomic E-state index is 0.322. The molecule has 14 heavy (non-hydrogen) atoms. The van der Waals surface area contributed by atoms with E-state index in [9.17, 15) is 4.79 Å². The summed E-state index contributed by atoms with van der Waals surface area (Å²) < 4.78 is 0. The zero-order chi connectivity index (χ0) is 11.4. The maximum absolute atomic E-state index is 11.0. The molecule has 0 aliphatic heterocycles. The van der Waals surface area contributed by atoms with Gasteiger partial charge in [-0.05, 0) is 37.0 Å². The number of ketones is 1. The third-order valence-electron chi connectivity index (χ3n) is 2.83. The molecule has 0 aromatic carbocycles. The number of hydrogen-bond acceptors (Lipinski definition) is 1. The molecular weight excluding hydrogens is 172 g/mol. The van der Waals surface area contributed by atoms with Gasteiger partial charge in [-0.1, -0.05) is 34.6 Å². The second kappa shape index (κ2) is 5.53. The van der Waals surface area contributed by atoms with E-state index in [4.69, 9.17) is 0 Å². The van der Waals surface area contributed by atoms with Crippen LogP contribution in [-0.4, -0.2) is 5.78 Å². The zero-order valence-corrected chi connectivity index (χ0v) is 10.7. The van der Waals surface area contributed by atoms with Crippen LogP contribution in [0.25, 0.3) is 0 Å². The van der Waals surface area contributed by atoms with Crippen LogP contribution in [0.15, 0.2) is 0 Å². The van der Waals surface area contributed by atoms with Crippen molar-refractivity contribution in [3.8, 4) is 0 Å². The molecule has 0 bridgehead atoms. The van der Waals surface area contributed by atoms with Crippen LogP contribution in [0.4, 0.5) is 0 Å². The summed E-state index contributed by atoms with van der Waals surface area (Å²) in [4.78, 5) is 11.0. The van der Waals surface area contributed by atoms with E-state index in [1.165, 1.54) is 6.42 Å². The molecule has 0 aromatic rings. The lowest BCUT2D eigenvalue weighted by Crippen LogP contribution is -2.22. The molecule has 84 valence electrons. The molecular formula is C13H26O. The number of carbonyl (C=O) groups excluding carboxylic acids is 1. The zero-order valence-electron chi connectivity index (χ0n) is 10.7. The van der Waals surface area contributed by atoms with E-state index in [-0.39, 0.29) is 0 Å². The SMILES string of the molecule is CC(=O)CCC(CC(C)C)C(C)(C)C. The van der Waals surface area contributed by atoms with Crippen LogP contribution in [-0.2, 0) is 4.79 Å². The maximum Gasteiger partial charge on any atom is 0.129 e. The summed E-state index contributed by atoms with van der Waals surface area (Å²) in [7, 11) is 0. The number of Topliss-reactive ketones (excluding diaryl/α,β-unsaturated/α-hetero) is 1. The van der Waals surface area contributed by atoms with Crippen molar-refractivity contribution in [2.75, 3.05) is 0 Å². The van der Waals surface area contributed by atoms with Gasteiger partial charge >= 0.3 is 0 Å². The molecule has 0 spiro atoms. The van der Waals surface area contributed by atoms with Crippen molar-refractivity contribution in [2.45, 2.75) is 60.8 Å². The smallest absolute Gasteiger partial charge is 0.129 e. The van der Waals surface area contributed by atoms with Crippen molar-refractivity contribution in [1.29, 1.82) is 0 Å². The Bertz CT molecular complexity index is 174. The van der Waals surface area contributed by atoms with Gasteiger partial charge in [0.25, 0.3) is 0 Å². The number of hydrogen-bond donors (Lipinski definition) is 0. The Morgan fingerprint density at radius 3 is 2.00 bits per heavy atom. The molecule has 1 nitrogen and oxygen atoms in total. The van der Waals surface area contributed by atoms with Gasteiger partial charge in [-0.15, -0.1) is 0 Å². The quantitative estimate of drug-likeness (QED) is 0.651. The third kappa shape index (κ3) is 6.17. The van der Waals surface area contributed by atoms with Crippen LogP contribution in [0.1, 0.15) is 60.8 Å². The van der Waals surface area contributed by atoms with Gasteiger partial charge in [0.15, 0.2) is 0 Å². The van der Waals surface area contributed by atoms with Crippen molar-refractivity contribution in [1.82, 2.24) is 0 Å². The third-order valence-corrected chi connectivity index (χ3v) is 2.83. The number of carbonyl (C=O) groups is 1. The Kier molecular flexibility index (Phi) is 5.40. The average Bonchev–Trinajstić information content (AvgIpc) is 1.94. The van der Waals surface area contributed by atoms with Gasteiger partial charge in [0.05, 0.1) is 0 Å². The Morgan fingerprint density at radius 1 is 1.21 bits per heavy atom.